The summed E-state index contributed by atoms with van der Waals surface area (Å²) in [5.74, 6) is 1.72. The molecule has 1 aliphatic rings. The molecule has 5 nitrogen and oxygen atoms in total. The Balaban J connectivity index is 1.24. The molecule has 4 aromatic carbocycles. The summed E-state index contributed by atoms with van der Waals surface area (Å²) in [5.41, 5.74) is 8.43. The van der Waals surface area contributed by atoms with Crippen molar-refractivity contribution in [2.75, 3.05) is 4.90 Å². The lowest BCUT2D eigenvalue weighted by molar-refractivity contribution is 0.343. The van der Waals surface area contributed by atoms with Crippen molar-refractivity contribution in [2.24, 2.45) is 0 Å². The first-order valence-corrected chi connectivity index (χ1v) is 12.1. The number of hydrogen-bond donors (Lipinski definition) is 0. The fraction of sp³-hybridized carbons (Fsp3) is 0. The zero-order valence-corrected chi connectivity index (χ0v) is 19.8. The highest BCUT2D eigenvalue weighted by Crippen LogP contribution is 2.49. The maximum Gasteiger partial charge on any atom is 0.337 e. The van der Waals surface area contributed by atoms with E-state index in [2.05, 4.69) is 82.8 Å². The summed E-state index contributed by atoms with van der Waals surface area (Å²) in [7, 11) is 0. The molecule has 5 heteroatoms. The molecular formula is C32H21N3O2. The van der Waals surface area contributed by atoms with Crippen molar-refractivity contribution in [1.82, 2.24) is 9.97 Å². The predicted molar refractivity (Wildman–Crippen MR) is 145 cm³/mol. The molecule has 0 amide bonds. The van der Waals surface area contributed by atoms with E-state index in [0.29, 0.717) is 11.8 Å². The van der Waals surface area contributed by atoms with Gasteiger partial charge in [-0.15, -0.1) is 0 Å². The molecule has 0 bridgehead atoms. The number of aromatic nitrogens is 2. The molecule has 0 saturated carbocycles. The number of nitrogens with zero attached hydrogens (tertiary/aromatic N) is 3. The number of pyridine rings is 1. The fourth-order valence-electron chi connectivity index (χ4n) is 4.71. The highest BCUT2D eigenvalue weighted by molar-refractivity contribution is 5.85. The molecule has 0 saturated heterocycles. The minimum absolute atomic E-state index is 0.378. The molecule has 3 heterocycles. The quantitative estimate of drug-likeness (QED) is 0.253. The standard InChI is InChI=1S/C32H21N3O2/c1-2-7-22(8-3-1)23-13-15-24(16-14-23)25-17-18-33-28(20-25)26-9-6-10-27(19-26)35-29-11-4-5-12-30(29)37-32-31(35)34-21-36-32/h1-21H. The summed E-state index contributed by atoms with van der Waals surface area (Å²) in [6, 6.07) is 39.4. The van der Waals surface area contributed by atoms with Gasteiger partial charge < -0.3 is 9.15 Å². The number of anilines is 3. The largest absolute Gasteiger partial charge is 0.421 e. The summed E-state index contributed by atoms with van der Waals surface area (Å²) in [6.45, 7) is 0. The van der Waals surface area contributed by atoms with Gasteiger partial charge >= 0.3 is 5.95 Å². The van der Waals surface area contributed by atoms with Crippen molar-refractivity contribution < 1.29 is 9.15 Å². The molecule has 7 rings (SSSR count). The van der Waals surface area contributed by atoms with Gasteiger partial charge in [-0.25, -0.2) is 0 Å². The number of oxazole rings is 1. The highest BCUT2D eigenvalue weighted by atomic mass is 16.6. The summed E-state index contributed by atoms with van der Waals surface area (Å²) >= 11 is 0. The van der Waals surface area contributed by atoms with E-state index in [1.807, 2.05) is 53.6 Å². The molecule has 1 aliphatic heterocycles. The Morgan fingerprint density at radius 3 is 2.16 bits per heavy atom. The summed E-state index contributed by atoms with van der Waals surface area (Å²) < 4.78 is 11.4. The van der Waals surface area contributed by atoms with Crippen LogP contribution in [0.4, 0.5) is 17.2 Å². The summed E-state index contributed by atoms with van der Waals surface area (Å²) in [5, 5.41) is 0. The van der Waals surface area contributed by atoms with Crippen LogP contribution in [0.25, 0.3) is 33.5 Å². The summed E-state index contributed by atoms with van der Waals surface area (Å²) in [6.07, 6.45) is 3.27. The SMILES string of the molecule is c1ccc(-c2ccc(-c3ccnc(-c4cccc(N5c6ccccc6Oc6ocnc65)c4)c3)cc2)cc1. The molecule has 176 valence electrons. The lowest BCUT2D eigenvalue weighted by atomic mass is 9.99. The van der Waals surface area contributed by atoms with E-state index in [1.54, 1.807) is 0 Å². The first-order chi connectivity index (χ1) is 18.3. The molecule has 0 atom stereocenters. The van der Waals surface area contributed by atoms with Crippen LogP contribution in [-0.2, 0) is 0 Å². The minimum Gasteiger partial charge on any atom is -0.421 e. The van der Waals surface area contributed by atoms with E-state index in [-0.39, 0.29) is 0 Å². The van der Waals surface area contributed by atoms with Gasteiger partial charge in [0.15, 0.2) is 12.1 Å². The van der Waals surface area contributed by atoms with E-state index in [4.69, 9.17) is 9.15 Å². The Hall–Kier alpha value is -5.16. The molecule has 2 aromatic heterocycles. The van der Waals surface area contributed by atoms with Crippen LogP contribution >= 0.6 is 0 Å². The van der Waals surface area contributed by atoms with Crippen LogP contribution in [0.2, 0.25) is 0 Å². The van der Waals surface area contributed by atoms with E-state index in [9.17, 15) is 0 Å². The Morgan fingerprint density at radius 1 is 0.568 bits per heavy atom. The van der Waals surface area contributed by atoms with E-state index < -0.39 is 0 Å². The van der Waals surface area contributed by atoms with Crippen molar-refractivity contribution in [3.05, 3.63) is 128 Å². The average Bonchev–Trinajstić information content (AvgIpc) is 3.45. The van der Waals surface area contributed by atoms with Gasteiger partial charge in [0.05, 0.1) is 11.4 Å². The van der Waals surface area contributed by atoms with Crippen molar-refractivity contribution >= 4 is 17.2 Å². The van der Waals surface area contributed by atoms with Crippen LogP contribution in [0.3, 0.4) is 0 Å². The van der Waals surface area contributed by atoms with Gasteiger partial charge in [0.1, 0.15) is 0 Å². The van der Waals surface area contributed by atoms with Crippen molar-refractivity contribution in [1.29, 1.82) is 0 Å². The zero-order valence-electron chi connectivity index (χ0n) is 19.8. The van der Waals surface area contributed by atoms with Crippen LogP contribution in [0, 0.1) is 0 Å². The number of rotatable bonds is 4. The van der Waals surface area contributed by atoms with Crippen LogP contribution < -0.4 is 9.64 Å². The molecule has 0 aliphatic carbocycles. The second kappa shape index (κ2) is 8.81. The second-order valence-electron chi connectivity index (χ2n) is 8.79. The third-order valence-corrected chi connectivity index (χ3v) is 6.52. The number of para-hydroxylation sites is 2. The molecule has 6 aromatic rings. The monoisotopic (exact) mass is 479 g/mol. The third-order valence-electron chi connectivity index (χ3n) is 6.52. The molecule has 0 unspecified atom stereocenters. The van der Waals surface area contributed by atoms with Crippen LogP contribution in [0.15, 0.2) is 132 Å². The average molecular weight is 480 g/mol. The highest BCUT2D eigenvalue weighted by Gasteiger charge is 2.29. The first kappa shape index (κ1) is 21.1. The normalized spacial score (nSPS) is 11.9. The van der Waals surface area contributed by atoms with Gasteiger partial charge in [0.2, 0.25) is 5.82 Å². The number of benzene rings is 4. The maximum absolute atomic E-state index is 5.90. The van der Waals surface area contributed by atoms with Gasteiger partial charge in [-0.05, 0) is 58.7 Å². The summed E-state index contributed by atoms with van der Waals surface area (Å²) in [4.78, 5) is 11.2. The van der Waals surface area contributed by atoms with Gasteiger partial charge in [0, 0.05) is 17.4 Å². The lowest BCUT2D eigenvalue weighted by Crippen LogP contribution is -2.15. The smallest absolute Gasteiger partial charge is 0.337 e. The molecule has 0 spiro atoms. The van der Waals surface area contributed by atoms with Crippen LogP contribution in [0.5, 0.6) is 11.7 Å². The van der Waals surface area contributed by atoms with Crippen molar-refractivity contribution in [2.45, 2.75) is 0 Å². The maximum atomic E-state index is 5.90. The van der Waals surface area contributed by atoms with Crippen molar-refractivity contribution in [3.63, 3.8) is 0 Å². The Bertz CT molecular complexity index is 1710. The molecule has 37 heavy (non-hydrogen) atoms. The Kier molecular flexibility index (Phi) is 5.03. The predicted octanol–water partition coefficient (Wildman–Crippen LogP) is 8.65. The molecular weight excluding hydrogens is 458 g/mol. The van der Waals surface area contributed by atoms with Crippen LogP contribution in [0.1, 0.15) is 0 Å². The van der Waals surface area contributed by atoms with Gasteiger partial charge in [-0.3, -0.25) is 9.88 Å². The van der Waals surface area contributed by atoms with Crippen molar-refractivity contribution in [3.8, 4) is 45.2 Å². The zero-order chi connectivity index (χ0) is 24.6. The molecule has 0 N–H and O–H groups in total. The first-order valence-electron chi connectivity index (χ1n) is 12.1. The van der Waals surface area contributed by atoms with E-state index in [0.717, 1.165) is 39.5 Å². The second-order valence-corrected chi connectivity index (χ2v) is 8.79. The number of hydrogen-bond acceptors (Lipinski definition) is 5. The molecule has 0 radical (unpaired) electrons. The van der Waals surface area contributed by atoms with E-state index >= 15 is 0 Å². The lowest BCUT2D eigenvalue weighted by Gasteiger charge is -2.28. The topological polar surface area (TPSA) is 51.4 Å². The van der Waals surface area contributed by atoms with Gasteiger partial charge in [-0.1, -0.05) is 78.9 Å². The minimum atomic E-state index is 0.378. The number of fused-ring (bicyclic) bond motifs is 2. The van der Waals surface area contributed by atoms with Gasteiger partial charge in [-0.2, -0.15) is 4.98 Å². The third kappa shape index (κ3) is 3.83. The number of ether oxygens (including phenoxy) is 1. The fourth-order valence-corrected chi connectivity index (χ4v) is 4.71. The Morgan fingerprint density at radius 2 is 1.30 bits per heavy atom. The Labute approximate surface area is 214 Å². The molecule has 0 fully saturated rings. The van der Waals surface area contributed by atoms with Gasteiger partial charge in [0.25, 0.3) is 0 Å². The van der Waals surface area contributed by atoms with E-state index in [1.165, 1.54) is 17.5 Å². The van der Waals surface area contributed by atoms with Crippen LogP contribution in [-0.4, -0.2) is 9.97 Å².